The Morgan fingerprint density at radius 3 is 2.57 bits per heavy atom. The van der Waals surface area contributed by atoms with Gasteiger partial charge in [-0.2, -0.15) is 18.3 Å². The Hall–Kier alpha value is -5.13. The van der Waals surface area contributed by atoms with Crippen LogP contribution in [-0.2, 0) is 28.7 Å². The molecule has 0 spiro atoms. The second kappa shape index (κ2) is 14.3. The minimum absolute atomic E-state index is 0.0243. The topological polar surface area (TPSA) is 148 Å². The third kappa shape index (κ3) is 7.74. The van der Waals surface area contributed by atoms with Gasteiger partial charge in [0.2, 0.25) is 5.91 Å². The van der Waals surface area contributed by atoms with E-state index in [1.807, 2.05) is 19.0 Å². The fourth-order valence-electron chi connectivity index (χ4n) is 4.60. The highest BCUT2D eigenvalue weighted by Crippen LogP contribution is 2.38. The van der Waals surface area contributed by atoms with Crippen molar-refractivity contribution in [2.24, 2.45) is 0 Å². The molecule has 0 saturated carbocycles. The molecule has 3 heterocycles. The van der Waals surface area contributed by atoms with Crippen molar-refractivity contribution in [1.29, 1.82) is 0 Å². The van der Waals surface area contributed by atoms with Gasteiger partial charge in [0.25, 0.3) is 18.8 Å². The van der Waals surface area contributed by atoms with E-state index in [4.69, 9.17) is 4.74 Å². The molecule has 0 aliphatic rings. The summed E-state index contributed by atoms with van der Waals surface area (Å²) >= 11 is 0. The molecule has 46 heavy (non-hydrogen) atoms. The number of aromatic nitrogens is 5. The number of ether oxygens (including phenoxy) is 1. The number of imidazole rings is 1. The second-order valence-corrected chi connectivity index (χ2v) is 10.1. The van der Waals surface area contributed by atoms with Crippen LogP contribution in [-0.4, -0.2) is 87.5 Å². The zero-order chi connectivity index (χ0) is 33.6. The minimum Gasteiger partial charge on any atom is -0.426 e. The summed E-state index contributed by atoms with van der Waals surface area (Å²) in [7, 11) is 3.71. The number of nitrogens with zero attached hydrogens (tertiary/aromatic N) is 6. The molecule has 0 radical (unpaired) electrons. The first-order chi connectivity index (χ1) is 21.8. The fraction of sp³-hybridized carbons (Fsp3) is 0.357. The molecule has 0 aliphatic carbocycles. The van der Waals surface area contributed by atoms with Gasteiger partial charge in [-0.1, -0.05) is 6.92 Å². The van der Waals surface area contributed by atoms with Crippen LogP contribution >= 0.6 is 0 Å². The normalized spacial score (nSPS) is 11.7. The Labute approximate surface area is 258 Å². The smallest absolute Gasteiger partial charge is 0.426 e. The van der Waals surface area contributed by atoms with Crippen molar-refractivity contribution in [1.82, 2.24) is 39.7 Å². The molecule has 2 amide bonds. The van der Waals surface area contributed by atoms with Crippen LogP contribution in [0.5, 0.6) is 5.75 Å². The van der Waals surface area contributed by atoms with Gasteiger partial charge in [0, 0.05) is 42.8 Å². The van der Waals surface area contributed by atoms with E-state index in [1.165, 1.54) is 28.9 Å². The van der Waals surface area contributed by atoms with Crippen molar-refractivity contribution < 1.29 is 41.1 Å². The number of alkyl halides is 5. The third-order valence-corrected chi connectivity index (χ3v) is 6.63. The van der Waals surface area contributed by atoms with Crippen LogP contribution in [0.2, 0.25) is 0 Å². The Morgan fingerprint density at radius 2 is 1.91 bits per heavy atom. The van der Waals surface area contributed by atoms with E-state index < -0.39 is 42.2 Å². The van der Waals surface area contributed by atoms with Crippen molar-refractivity contribution in [3.8, 4) is 17.0 Å². The number of likely N-dealkylation sites (N-methyl/N-ethyl adjacent to an activating group) is 1. The summed E-state index contributed by atoms with van der Waals surface area (Å²) in [5.74, 6) is -0.971. The third-order valence-electron chi connectivity index (χ3n) is 6.63. The lowest BCUT2D eigenvalue weighted by Gasteiger charge is -2.17. The van der Waals surface area contributed by atoms with Gasteiger partial charge in [0.1, 0.15) is 6.54 Å². The second-order valence-electron chi connectivity index (χ2n) is 10.1. The molecule has 0 aliphatic heterocycles. The molecule has 0 unspecified atom stereocenters. The minimum atomic E-state index is -4.94. The molecular weight excluding hydrogens is 621 g/mol. The lowest BCUT2D eigenvalue weighted by Crippen LogP contribution is -2.39. The average molecular weight is 652 g/mol. The molecule has 0 saturated heterocycles. The highest BCUT2D eigenvalue weighted by molar-refractivity contribution is 5.99. The molecule has 3 N–H and O–H groups in total. The summed E-state index contributed by atoms with van der Waals surface area (Å²) in [6.07, 6.45) is -3.06. The van der Waals surface area contributed by atoms with Gasteiger partial charge in [-0.3, -0.25) is 23.5 Å². The van der Waals surface area contributed by atoms with Crippen molar-refractivity contribution in [2.45, 2.75) is 32.5 Å². The SMILES string of the molecule is CCc1c(C(=O)NCC(=O)NCCN(C)C)ccc(Nc2nccn3c(-c4cn(CC(F)F)nc4C(F)(F)F)cnc23)c1OC=O. The highest BCUT2D eigenvalue weighted by Gasteiger charge is 2.38. The van der Waals surface area contributed by atoms with Gasteiger partial charge < -0.3 is 25.6 Å². The van der Waals surface area contributed by atoms with Gasteiger partial charge in [0.15, 0.2) is 22.9 Å². The van der Waals surface area contributed by atoms with Crippen LogP contribution in [0.25, 0.3) is 16.9 Å². The predicted octanol–water partition coefficient (Wildman–Crippen LogP) is 3.13. The summed E-state index contributed by atoms with van der Waals surface area (Å²) in [5, 5.41) is 11.5. The molecule has 0 bridgehead atoms. The lowest BCUT2D eigenvalue weighted by molar-refractivity contribution is -0.141. The molecule has 13 nitrogen and oxygen atoms in total. The van der Waals surface area contributed by atoms with E-state index in [0.717, 1.165) is 12.4 Å². The maximum atomic E-state index is 13.8. The van der Waals surface area contributed by atoms with Crippen LogP contribution in [0.3, 0.4) is 0 Å². The molecule has 1 aromatic carbocycles. The number of nitrogens with one attached hydrogen (secondary N) is 3. The maximum absolute atomic E-state index is 13.8. The number of anilines is 2. The number of hydrogen-bond donors (Lipinski definition) is 3. The molecule has 0 atom stereocenters. The quantitative estimate of drug-likeness (QED) is 0.138. The first kappa shape index (κ1) is 33.8. The number of carbonyl (C=O) groups is 3. The molecule has 4 aromatic rings. The van der Waals surface area contributed by atoms with E-state index in [-0.39, 0.29) is 53.6 Å². The van der Waals surface area contributed by atoms with E-state index >= 15 is 0 Å². The monoisotopic (exact) mass is 651 g/mol. The van der Waals surface area contributed by atoms with Gasteiger partial charge in [-0.05, 0) is 32.6 Å². The molecule has 3 aromatic heterocycles. The molecule has 18 heteroatoms. The molecule has 246 valence electrons. The van der Waals surface area contributed by atoms with E-state index in [9.17, 15) is 36.3 Å². The van der Waals surface area contributed by atoms with Crippen molar-refractivity contribution in [3.05, 3.63) is 53.7 Å². The van der Waals surface area contributed by atoms with Crippen molar-refractivity contribution in [3.63, 3.8) is 0 Å². The highest BCUT2D eigenvalue weighted by atomic mass is 19.4. The van der Waals surface area contributed by atoms with Gasteiger partial charge in [0.05, 0.1) is 29.7 Å². The first-order valence-corrected chi connectivity index (χ1v) is 13.8. The van der Waals surface area contributed by atoms with Gasteiger partial charge >= 0.3 is 6.18 Å². The number of hydrogen-bond acceptors (Lipinski definition) is 9. The van der Waals surface area contributed by atoms with Crippen LogP contribution in [0, 0.1) is 0 Å². The Kier molecular flexibility index (Phi) is 10.5. The van der Waals surface area contributed by atoms with Crippen LogP contribution in [0.4, 0.5) is 33.5 Å². The number of carbonyl (C=O) groups excluding carboxylic acids is 3. The Balaban J connectivity index is 1.65. The van der Waals surface area contributed by atoms with Gasteiger partial charge in [-0.15, -0.1) is 0 Å². The number of fused-ring (bicyclic) bond motifs is 1. The summed E-state index contributed by atoms with van der Waals surface area (Å²) in [6.45, 7) is 1.56. The Bertz CT molecular complexity index is 1720. The predicted molar refractivity (Wildman–Crippen MR) is 155 cm³/mol. The first-order valence-electron chi connectivity index (χ1n) is 13.8. The summed E-state index contributed by atoms with van der Waals surface area (Å²) in [4.78, 5) is 46.9. The van der Waals surface area contributed by atoms with Crippen molar-refractivity contribution in [2.75, 3.05) is 39.0 Å². The number of amides is 2. The summed E-state index contributed by atoms with van der Waals surface area (Å²) in [5.41, 5.74) is -1.25. The molecular formula is C28H30F5N9O4. The van der Waals surface area contributed by atoms with Crippen LogP contribution in [0.15, 0.2) is 36.9 Å². The summed E-state index contributed by atoms with van der Waals surface area (Å²) < 4.78 is 74.2. The van der Waals surface area contributed by atoms with Gasteiger partial charge in [-0.25, -0.2) is 18.7 Å². The standard InChI is InChI=1S/C28H30F5N9O4/c1-4-16-17(27(45)37-12-22(44)34-7-9-40(2)3)5-6-19(23(16)46-15-43)38-25-26-36-11-20(42(26)10-8-35-25)18-13-41(14-21(29)30)39-24(18)28(31,32)33/h5-6,8,10-11,13,15,21H,4,7,9,12,14H2,1-3H3,(H,34,44)(H,35,38)(H,37,45). The zero-order valence-corrected chi connectivity index (χ0v) is 24.9. The lowest BCUT2D eigenvalue weighted by atomic mass is 10.0. The summed E-state index contributed by atoms with van der Waals surface area (Å²) in [6, 6.07) is 2.87. The average Bonchev–Trinajstić information content (AvgIpc) is 3.61. The maximum Gasteiger partial charge on any atom is 0.435 e. The largest absolute Gasteiger partial charge is 0.435 e. The van der Waals surface area contributed by atoms with Crippen molar-refractivity contribution >= 4 is 35.4 Å². The zero-order valence-electron chi connectivity index (χ0n) is 24.9. The number of halogens is 5. The molecule has 4 rings (SSSR count). The fourth-order valence-corrected chi connectivity index (χ4v) is 4.60. The number of benzene rings is 1. The Morgan fingerprint density at radius 1 is 1.15 bits per heavy atom. The van der Waals surface area contributed by atoms with E-state index in [0.29, 0.717) is 23.3 Å². The van der Waals surface area contributed by atoms with E-state index in [2.05, 4.69) is 31.0 Å². The number of rotatable bonds is 14. The molecule has 0 fully saturated rings. The van der Waals surface area contributed by atoms with Crippen LogP contribution < -0.4 is 20.7 Å². The van der Waals surface area contributed by atoms with E-state index in [1.54, 1.807) is 6.92 Å². The van der Waals surface area contributed by atoms with Crippen LogP contribution in [0.1, 0.15) is 28.5 Å².